The Morgan fingerprint density at radius 2 is 2.19 bits per heavy atom. The van der Waals surface area contributed by atoms with Crippen molar-refractivity contribution >= 4 is 16.8 Å². The molecule has 6 nitrogen and oxygen atoms in total. The van der Waals surface area contributed by atoms with E-state index in [1.165, 1.54) is 25.1 Å². The van der Waals surface area contributed by atoms with Crippen LogP contribution in [0.3, 0.4) is 0 Å². The van der Waals surface area contributed by atoms with Gasteiger partial charge in [0.2, 0.25) is 0 Å². The summed E-state index contributed by atoms with van der Waals surface area (Å²) >= 11 is 0. The van der Waals surface area contributed by atoms with Gasteiger partial charge in [0, 0.05) is 30.3 Å². The predicted octanol–water partition coefficient (Wildman–Crippen LogP) is 3.88. The Hall–Kier alpha value is -2.77. The van der Waals surface area contributed by atoms with E-state index in [0.29, 0.717) is 23.9 Å². The summed E-state index contributed by atoms with van der Waals surface area (Å²) in [5.74, 6) is 0.321. The summed E-state index contributed by atoms with van der Waals surface area (Å²) in [7, 11) is 0. The largest absolute Gasteiger partial charge is 0.494 e. The third-order valence-electron chi connectivity index (χ3n) is 6.04. The van der Waals surface area contributed by atoms with Gasteiger partial charge in [0.1, 0.15) is 23.8 Å². The highest BCUT2D eigenvalue weighted by atomic mass is 19.1. The summed E-state index contributed by atoms with van der Waals surface area (Å²) < 4.78 is 24.3. The van der Waals surface area contributed by atoms with Crippen molar-refractivity contribution < 1.29 is 23.6 Å². The number of carbonyl (C=O) groups is 1. The summed E-state index contributed by atoms with van der Waals surface area (Å²) in [4.78, 5) is 13.9. The molecule has 1 unspecified atom stereocenters. The van der Waals surface area contributed by atoms with Gasteiger partial charge in [0.15, 0.2) is 11.4 Å². The number of ketones is 1. The minimum atomic E-state index is -1.46. The van der Waals surface area contributed by atoms with Crippen LogP contribution in [-0.2, 0) is 9.53 Å². The number of hydrogen-bond donors (Lipinski definition) is 1. The molecule has 0 bridgehead atoms. The first-order valence-corrected chi connectivity index (χ1v) is 10.6. The van der Waals surface area contributed by atoms with Gasteiger partial charge in [-0.3, -0.25) is 9.69 Å². The summed E-state index contributed by atoms with van der Waals surface area (Å²) in [6.07, 6.45) is 11.1. The molecule has 0 amide bonds. The second kappa shape index (κ2) is 9.16. The maximum absolute atomic E-state index is 13.3. The fourth-order valence-electron chi connectivity index (χ4n) is 4.10. The number of aliphatic hydroxyl groups is 1. The molecule has 1 fully saturated rings. The van der Waals surface area contributed by atoms with Gasteiger partial charge < -0.3 is 14.4 Å². The molecule has 1 aliphatic carbocycles. The van der Waals surface area contributed by atoms with Gasteiger partial charge in [-0.05, 0) is 57.1 Å². The Bertz CT molecular complexity index is 1030. The number of ether oxygens (including phenoxy) is 1. The normalized spacial score (nSPS) is 22.9. The molecule has 0 spiro atoms. The number of halogens is 1. The second-order valence-electron chi connectivity index (χ2n) is 8.21. The molecule has 2 aromatic rings. The Morgan fingerprint density at radius 1 is 1.39 bits per heavy atom. The van der Waals surface area contributed by atoms with Gasteiger partial charge in [-0.1, -0.05) is 23.4 Å². The molecule has 1 atom stereocenters. The number of Topliss-reactive ketones (excluding diaryl/α,β-unsaturated/α-hetero) is 1. The van der Waals surface area contributed by atoms with Crippen LogP contribution in [0, 0.1) is 5.82 Å². The number of nitrogens with zero attached hydrogens (tertiary/aromatic N) is 2. The molecule has 164 valence electrons. The highest BCUT2D eigenvalue weighted by Crippen LogP contribution is 2.32. The zero-order chi connectivity index (χ0) is 21.8. The minimum absolute atomic E-state index is 0.170. The number of benzene rings is 1. The van der Waals surface area contributed by atoms with Crippen molar-refractivity contribution in [2.45, 2.75) is 37.7 Å². The lowest BCUT2D eigenvalue weighted by molar-refractivity contribution is -0.131. The predicted molar refractivity (Wildman–Crippen MR) is 115 cm³/mol. The fourth-order valence-corrected chi connectivity index (χ4v) is 4.10. The standard InChI is InChI=1S/C24H27FN2O4/c1-17(28)24(29)10-4-5-20(16-24)30-14-3-2-11-27-12-8-18(9-13-27)23-21-7-6-19(25)15-22(21)31-26-23/h2-7,10,15,18,29H,8-9,11-14,16H2,1H3/b3-2+. The van der Waals surface area contributed by atoms with E-state index in [2.05, 4.69) is 16.1 Å². The summed E-state index contributed by atoms with van der Waals surface area (Å²) in [6, 6.07) is 4.58. The minimum Gasteiger partial charge on any atom is -0.494 e. The maximum Gasteiger partial charge on any atom is 0.170 e. The lowest BCUT2D eigenvalue weighted by Gasteiger charge is -2.30. The SMILES string of the molecule is CC(=O)C1(O)C=CC=C(OC/C=C/CN2CCC(c3noc4cc(F)ccc34)CC2)C1. The number of hydrogen-bond acceptors (Lipinski definition) is 6. The zero-order valence-corrected chi connectivity index (χ0v) is 17.6. The molecular formula is C24H27FN2O4. The van der Waals surface area contributed by atoms with Crippen molar-refractivity contribution in [2.24, 2.45) is 0 Å². The number of piperidine rings is 1. The van der Waals surface area contributed by atoms with Crippen LogP contribution in [0.1, 0.15) is 37.8 Å². The molecule has 1 aromatic carbocycles. The average molecular weight is 426 g/mol. The molecule has 0 saturated carbocycles. The van der Waals surface area contributed by atoms with E-state index >= 15 is 0 Å². The molecule has 1 aliphatic heterocycles. The molecule has 1 N–H and O–H groups in total. The van der Waals surface area contributed by atoms with E-state index in [-0.39, 0.29) is 18.0 Å². The molecule has 7 heteroatoms. The topological polar surface area (TPSA) is 75.8 Å². The summed E-state index contributed by atoms with van der Waals surface area (Å²) in [5, 5.41) is 15.3. The van der Waals surface area contributed by atoms with E-state index in [9.17, 15) is 14.3 Å². The number of fused-ring (bicyclic) bond motifs is 1. The summed E-state index contributed by atoms with van der Waals surface area (Å²) in [6.45, 7) is 4.50. The van der Waals surface area contributed by atoms with E-state index in [0.717, 1.165) is 43.6 Å². The van der Waals surface area contributed by atoms with E-state index in [4.69, 9.17) is 9.26 Å². The monoisotopic (exact) mass is 426 g/mol. The van der Waals surface area contributed by atoms with Gasteiger partial charge >= 0.3 is 0 Å². The van der Waals surface area contributed by atoms with Gasteiger partial charge in [0.25, 0.3) is 0 Å². The quantitative estimate of drug-likeness (QED) is 0.677. The van der Waals surface area contributed by atoms with Crippen molar-refractivity contribution in [2.75, 3.05) is 26.2 Å². The summed E-state index contributed by atoms with van der Waals surface area (Å²) in [5.41, 5.74) is -0.0221. The Labute approximate surface area is 180 Å². The van der Waals surface area contributed by atoms with Crippen LogP contribution < -0.4 is 0 Å². The smallest absolute Gasteiger partial charge is 0.170 e. The van der Waals surface area contributed by atoms with E-state index in [1.807, 2.05) is 6.08 Å². The van der Waals surface area contributed by atoms with Crippen LogP contribution in [0.15, 0.2) is 58.9 Å². The number of aromatic nitrogens is 1. The zero-order valence-electron chi connectivity index (χ0n) is 17.6. The Balaban J connectivity index is 1.21. The van der Waals surface area contributed by atoms with Crippen molar-refractivity contribution in [3.63, 3.8) is 0 Å². The van der Waals surface area contributed by atoms with Crippen LogP contribution in [-0.4, -0.2) is 52.8 Å². The molecule has 31 heavy (non-hydrogen) atoms. The van der Waals surface area contributed by atoms with Crippen molar-refractivity contribution in [3.8, 4) is 0 Å². The molecule has 2 heterocycles. The first kappa shape index (κ1) is 21.5. The molecule has 1 saturated heterocycles. The second-order valence-corrected chi connectivity index (χ2v) is 8.21. The third kappa shape index (κ3) is 4.94. The van der Waals surface area contributed by atoms with Crippen LogP contribution in [0.5, 0.6) is 0 Å². The first-order valence-electron chi connectivity index (χ1n) is 10.6. The average Bonchev–Trinajstić information content (AvgIpc) is 3.17. The van der Waals surface area contributed by atoms with Crippen LogP contribution >= 0.6 is 0 Å². The Morgan fingerprint density at radius 3 is 2.97 bits per heavy atom. The number of likely N-dealkylation sites (tertiary alicyclic amines) is 1. The number of carbonyl (C=O) groups excluding carboxylic acids is 1. The van der Waals surface area contributed by atoms with E-state index < -0.39 is 5.60 Å². The molecule has 1 aromatic heterocycles. The van der Waals surface area contributed by atoms with Crippen LogP contribution in [0.25, 0.3) is 11.0 Å². The first-order chi connectivity index (χ1) is 14.9. The van der Waals surface area contributed by atoms with Gasteiger partial charge in [0.05, 0.1) is 5.69 Å². The van der Waals surface area contributed by atoms with Gasteiger partial charge in [-0.2, -0.15) is 0 Å². The molecule has 4 rings (SSSR count). The van der Waals surface area contributed by atoms with Gasteiger partial charge in [-0.15, -0.1) is 0 Å². The van der Waals surface area contributed by atoms with Crippen LogP contribution in [0.4, 0.5) is 4.39 Å². The number of allylic oxidation sites excluding steroid dienone is 2. The lowest BCUT2D eigenvalue weighted by Crippen LogP contribution is -2.36. The van der Waals surface area contributed by atoms with Gasteiger partial charge in [-0.25, -0.2) is 4.39 Å². The fraction of sp³-hybridized carbons (Fsp3) is 0.417. The van der Waals surface area contributed by atoms with E-state index in [1.54, 1.807) is 18.2 Å². The molecular weight excluding hydrogens is 399 g/mol. The van der Waals surface area contributed by atoms with Crippen LogP contribution in [0.2, 0.25) is 0 Å². The molecule has 2 aliphatic rings. The van der Waals surface area contributed by atoms with Crippen molar-refractivity contribution in [1.82, 2.24) is 10.1 Å². The van der Waals surface area contributed by atoms with Crippen molar-refractivity contribution in [1.29, 1.82) is 0 Å². The lowest BCUT2D eigenvalue weighted by atomic mass is 9.90. The highest BCUT2D eigenvalue weighted by Gasteiger charge is 2.32. The number of rotatable bonds is 7. The Kier molecular flexibility index (Phi) is 6.34. The van der Waals surface area contributed by atoms with Crippen molar-refractivity contribution in [3.05, 3.63) is 65.8 Å². The third-order valence-corrected chi connectivity index (χ3v) is 6.04. The highest BCUT2D eigenvalue weighted by molar-refractivity contribution is 5.87. The maximum atomic E-state index is 13.3. The molecule has 0 radical (unpaired) electrons.